The van der Waals surface area contributed by atoms with Gasteiger partial charge in [-0.15, -0.1) is 11.6 Å². The van der Waals surface area contributed by atoms with E-state index in [0.29, 0.717) is 0 Å². The molecule has 0 N–H and O–H groups in total. The molecule has 0 fully saturated rings. The van der Waals surface area contributed by atoms with Crippen LogP contribution in [0.1, 0.15) is 33.1 Å². The minimum absolute atomic E-state index is 0.199. The van der Waals surface area contributed by atoms with E-state index in [1.54, 1.807) is 0 Å². The van der Waals surface area contributed by atoms with Gasteiger partial charge >= 0.3 is 0 Å². The first-order valence-electron chi connectivity index (χ1n) is 3.48. The molecule has 0 spiro atoms. The van der Waals surface area contributed by atoms with Crippen molar-refractivity contribution in [2.45, 2.75) is 38.5 Å². The zero-order valence-corrected chi connectivity index (χ0v) is 7.04. The van der Waals surface area contributed by atoms with Crippen LogP contribution in [0.2, 0.25) is 0 Å². The molecule has 1 heteroatoms. The van der Waals surface area contributed by atoms with Gasteiger partial charge in [0.2, 0.25) is 0 Å². The minimum Gasteiger partial charge on any atom is -0.118 e. The van der Waals surface area contributed by atoms with Crippen LogP contribution in [0.15, 0.2) is 12.2 Å². The Bertz CT molecular complexity index is 86.6. The molecule has 0 saturated carbocycles. The zero-order chi connectivity index (χ0) is 7.28. The minimum atomic E-state index is 0.199. The molecule has 0 bridgehead atoms. The molecule has 0 saturated heterocycles. The van der Waals surface area contributed by atoms with Gasteiger partial charge in [0.15, 0.2) is 0 Å². The number of halogens is 1. The molecule has 0 aliphatic rings. The van der Waals surface area contributed by atoms with Gasteiger partial charge < -0.3 is 0 Å². The molecule has 1 unspecified atom stereocenters. The standard InChI is InChI=1S/C8H15Cl/c1-4-5-6-8(9)7(2)3/h8H,2,4-6H2,1,3H3. The maximum Gasteiger partial charge on any atom is 0.0540 e. The van der Waals surface area contributed by atoms with Crippen LogP contribution in [0.4, 0.5) is 0 Å². The van der Waals surface area contributed by atoms with Crippen molar-refractivity contribution in [3.63, 3.8) is 0 Å². The maximum absolute atomic E-state index is 5.89. The molecule has 0 aliphatic heterocycles. The first-order chi connectivity index (χ1) is 4.18. The van der Waals surface area contributed by atoms with Crippen molar-refractivity contribution in [3.05, 3.63) is 12.2 Å². The Morgan fingerprint density at radius 2 is 2.22 bits per heavy atom. The third-order valence-corrected chi connectivity index (χ3v) is 1.94. The van der Waals surface area contributed by atoms with Crippen molar-refractivity contribution < 1.29 is 0 Å². The SMILES string of the molecule is C=C(C)C(Cl)CCCC. The first kappa shape index (κ1) is 9.03. The molecule has 0 heterocycles. The molecule has 0 aromatic carbocycles. The number of allylic oxidation sites excluding steroid dienone is 1. The second-order valence-corrected chi connectivity index (χ2v) is 2.98. The van der Waals surface area contributed by atoms with Gasteiger partial charge in [0, 0.05) is 0 Å². The largest absolute Gasteiger partial charge is 0.118 e. The highest BCUT2D eigenvalue weighted by Crippen LogP contribution is 2.13. The molecule has 0 rings (SSSR count). The Hall–Kier alpha value is 0.0300. The van der Waals surface area contributed by atoms with E-state index in [9.17, 15) is 0 Å². The van der Waals surface area contributed by atoms with E-state index in [1.165, 1.54) is 12.8 Å². The van der Waals surface area contributed by atoms with Crippen LogP contribution in [-0.4, -0.2) is 5.38 Å². The molecule has 0 aromatic heterocycles. The molecule has 0 aromatic rings. The Morgan fingerprint density at radius 1 is 1.67 bits per heavy atom. The molecule has 0 radical (unpaired) electrons. The van der Waals surface area contributed by atoms with Gasteiger partial charge in [-0.2, -0.15) is 0 Å². The van der Waals surface area contributed by atoms with Crippen molar-refractivity contribution in [2.75, 3.05) is 0 Å². The summed E-state index contributed by atoms with van der Waals surface area (Å²) >= 11 is 5.89. The number of rotatable bonds is 4. The Kier molecular flexibility index (Phi) is 4.88. The van der Waals surface area contributed by atoms with E-state index in [-0.39, 0.29) is 5.38 Å². The molecule has 0 amide bonds. The van der Waals surface area contributed by atoms with Crippen LogP contribution in [0.5, 0.6) is 0 Å². The summed E-state index contributed by atoms with van der Waals surface area (Å²) in [5, 5.41) is 0.199. The average molecular weight is 147 g/mol. The fourth-order valence-electron chi connectivity index (χ4n) is 0.630. The molecular weight excluding hydrogens is 132 g/mol. The predicted molar refractivity (Wildman–Crippen MR) is 44.0 cm³/mol. The van der Waals surface area contributed by atoms with Gasteiger partial charge in [0.25, 0.3) is 0 Å². The Morgan fingerprint density at radius 3 is 2.56 bits per heavy atom. The first-order valence-corrected chi connectivity index (χ1v) is 3.91. The number of hydrogen-bond donors (Lipinski definition) is 0. The van der Waals surface area contributed by atoms with Crippen LogP contribution in [0.3, 0.4) is 0 Å². The van der Waals surface area contributed by atoms with Crippen LogP contribution < -0.4 is 0 Å². The normalized spacial score (nSPS) is 13.2. The molecule has 9 heavy (non-hydrogen) atoms. The van der Waals surface area contributed by atoms with E-state index in [0.717, 1.165) is 12.0 Å². The molecule has 54 valence electrons. The Balaban J connectivity index is 3.27. The number of unbranched alkanes of at least 4 members (excludes halogenated alkanes) is 1. The second-order valence-electron chi connectivity index (χ2n) is 2.46. The highest BCUT2D eigenvalue weighted by Gasteiger charge is 2.01. The lowest BCUT2D eigenvalue weighted by Crippen LogP contribution is -1.97. The van der Waals surface area contributed by atoms with Gasteiger partial charge in [-0.25, -0.2) is 0 Å². The zero-order valence-electron chi connectivity index (χ0n) is 6.28. The lowest BCUT2D eigenvalue weighted by Gasteiger charge is -2.05. The van der Waals surface area contributed by atoms with Crippen LogP contribution in [0.25, 0.3) is 0 Å². The highest BCUT2D eigenvalue weighted by atomic mass is 35.5. The summed E-state index contributed by atoms with van der Waals surface area (Å²) in [6, 6.07) is 0. The van der Waals surface area contributed by atoms with Gasteiger partial charge in [-0.1, -0.05) is 31.9 Å². The molecular formula is C8H15Cl. The van der Waals surface area contributed by atoms with E-state index in [2.05, 4.69) is 13.5 Å². The summed E-state index contributed by atoms with van der Waals surface area (Å²) in [5.74, 6) is 0. The molecule has 0 nitrogen and oxygen atoms in total. The van der Waals surface area contributed by atoms with Crippen molar-refractivity contribution in [2.24, 2.45) is 0 Å². The smallest absolute Gasteiger partial charge is 0.0540 e. The van der Waals surface area contributed by atoms with Crippen LogP contribution >= 0.6 is 11.6 Å². The third kappa shape index (κ3) is 4.53. The van der Waals surface area contributed by atoms with Crippen LogP contribution in [-0.2, 0) is 0 Å². The maximum atomic E-state index is 5.89. The van der Waals surface area contributed by atoms with Crippen molar-refractivity contribution in [3.8, 4) is 0 Å². The van der Waals surface area contributed by atoms with E-state index in [4.69, 9.17) is 11.6 Å². The molecule has 0 aliphatic carbocycles. The van der Waals surface area contributed by atoms with E-state index >= 15 is 0 Å². The van der Waals surface area contributed by atoms with Gasteiger partial charge in [0.1, 0.15) is 0 Å². The summed E-state index contributed by atoms with van der Waals surface area (Å²) in [5.41, 5.74) is 1.09. The monoisotopic (exact) mass is 146 g/mol. The third-order valence-electron chi connectivity index (χ3n) is 1.35. The van der Waals surface area contributed by atoms with E-state index < -0.39 is 0 Å². The van der Waals surface area contributed by atoms with Crippen molar-refractivity contribution in [1.82, 2.24) is 0 Å². The summed E-state index contributed by atoms with van der Waals surface area (Å²) in [6.07, 6.45) is 3.50. The summed E-state index contributed by atoms with van der Waals surface area (Å²) < 4.78 is 0. The van der Waals surface area contributed by atoms with E-state index in [1.807, 2.05) is 6.92 Å². The summed E-state index contributed by atoms with van der Waals surface area (Å²) in [4.78, 5) is 0. The summed E-state index contributed by atoms with van der Waals surface area (Å²) in [6.45, 7) is 7.92. The predicted octanol–water partition coefficient (Wildman–Crippen LogP) is 3.36. The quantitative estimate of drug-likeness (QED) is 0.422. The average Bonchev–Trinajstić information content (AvgIpc) is 1.82. The fourth-order valence-corrected chi connectivity index (χ4v) is 0.784. The number of alkyl halides is 1. The highest BCUT2D eigenvalue weighted by molar-refractivity contribution is 6.22. The molecule has 1 atom stereocenters. The topological polar surface area (TPSA) is 0 Å². The van der Waals surface area contributed by atoms with Crippen LogP contribution in [0, 0.1) is 0 Å². The van der Waals surface area contributed by atoms with Crippen molar-refractivity contribution >= 4 is 11.6 Å². The number of hydrogen-bond acceptors (Lipinski definition) is 0. The second kappa shape index (κ2) is 4.87. The van der Waals surface area contributed by atoms with Gasteiger partial charge in [-0.3, -0.25) is 0 Å². The lowest BCUT2D eigenvalue weighted by molar-refractivity contribution is 0.719. The Labute approximate surface area is 62.9 Å². The van der Waals surface area contributed by atoms with Crippen molar-refractivity contribution in [1.29, 1.82) is 0 Å². The van der Waals surface area contributed by atoms with Gasteiger partial charge in [-0.05, 0) is 13.3 Å². The summed E-state index contributed by atoms with van der Waals surface area (Å²) in [7, 11) is 0. The fraction of sp³-hybridized carbons (Fsp3) is 0.750. The lowest BCUT2D eigenvalue weighted by atomic mass is 10.1. The van der Waals surface area contributed by atoms with Gasteiger partial charge in [0.05, 0.1) is 5.38 Å².